The normalized spacial score (nSPS) is 16.6. The van der Waals surface area contributed by atoms with Crippen molar-refractivity contribution in [1.29, 1.82) is 0 Å². The van der Waals surface area contributed by atoms with Crippen molar-refractivity contribution in [3.05, 3.63) is 53.3 Å². The predicted molar refractivity (Wildman–Crippen MR) is 81.0 cm³/mol. The zero-order chi connectivity index (χ0) is 15.7. The Morgan fingerprint density at radius 2 is 2.09 bits per heavy atom. The Hall–Kier alpha value is -2.60. The largest absolute Gasteiger partial charge is 0.477 e. The Morgan fingerprint density at radius 1 is 1.32 bits per heavy atom. The van der Waals surface area contributed by atoms with E-state index in [0.29, 0.717) is 16.5 Å². The molecule has 0 spiro atoms. The highest BCUT2D eigenvalue weighted by molar-refractivity contribution is 6.31. The molecule has 1 atom stereocenters. The molecular formula is C15H12ClN3O3. The number of primary amides is 1. The van der Waals surface area contributed by atoms with Gasteiger partial charge in [-0.1, -0.05) is 23.7 Å². The quantitative estimate of drug-likeness (QED) is 0.912. The number of aromatic nitrogens is 1. The lowest BCUT2D eigenvalue weighted by molar-refractivity contribution is -0.124. The first-order valence-electron chi connectivity index (χ1n) is 6.54. The zero-order valence-corrected chi connectivity index (χ0v) is 12.2. The summed E-state index contributed by atoms with van der Waals surface area (Å²) < 4.78 is 5.52. The maximum Gasteiger partial charge on any atom is 0.277 e. The van der Waals surface area contributed by atoms with Crippen LogP contribution in [0.15, 0.2) is 42.6 Å². The minimum absolute atomic E-state index is 0.0272. The van der Waals surface area contributed by atoms with Gasteiger partial charge in [-0.15, -0.1) is 0 Å². The molecule has 0 aliphatic carbocycles. The molecule has 1 aliphatic heterocycles. The molecule has 1 aromatic carbocycles. The number of hydrogen-bond acceptors (Lipinski definition) is 4. The molecule has 1 aromatic heterocycles. The van der Waals surface area contributed by atoms with Crippen molar-refractivity contribution < 1.29 is 14.3 Å². The van der Waals surface area contributed by atoms with Gasteiger partial charge in [0.2, 0.25) is 0 Å². The number of nitrogens with zero attached hydrogens (tertiary/aromatic N) is 2. The standard InChI is InChI=1S/C15H12ClN3O3/c16-9-5-6-18-10(7-9)15(21)19-8-13(14(17)20)22-12-4-2-1-3-11(12)19/h1-7,13H,8H2,(H2,17,20). The lowest BCUT2D eigenvalue weighted by Crippen LogP contribution is -2.49. The van der Waals surface area contributed by atoms with Crippen molar-refractivity contribution >= 4 is 29.1 Å². The molecule has 0 saturated carbocycles. The Bertz CT molecular complexity index is 750. The highest BCUT2D eigenvalue weighted by atomic mass is 35.5. The zero-order valence-electron chi connectivity index (χ0n) is 11.4. The molecule has 3 rings (SSSR count). The number of pyridine rings is 1. The van der Waals surface area contributed by atoms with E-state index >= 15 is 0 Å². The summed E-state index contributed by atoms with van der Waals surface area (Å²) in [5.74, 6) is -0.580. The monoisotopic (exact) mass is 317 g/mol. The number of rotatable bonds is 2. The molecule has 22 heavy (non-hydrogen) atoms. The number of nitrogens with two attached hydrogens (primary N) is 1. The second-order valence-corrected chi connectivity index (χ2v) is 5.19. The number of amides is 2. The summed E-state index contributed by atoms with van der Waals surface area (Å²) in [5.41, 5.74) is 6.06. The third kappa shape index (κ3) is 2.60. The SMILES string of the molecule is NC(=O)C1CN(C(=O)c2cc(Cl)ccn2)c2ccccc2O1. The van der Waals surface area contributed by atoms with E-state index < -0.39 is 12.0 Å². The Kier molecular flexibility index (Phi) is 3.68. The summed E-state index contributed by atoms with van der Waals surface area (Å²) in [6.07, 6.45) is 0.547. The van der Waals surface area contributed by atoms with Crippen LogP contribution in [0.1, 0.15) is 10.5 Å². The molecular weight excluding hydrogens is 306 g/mol. The molecule has 1 aliphatic rings. The van der Waals surface area contributed by atoms with Crippen LogP contribution in [-0.2, 0) is 4.79 Å². The number of fused-ring (bicyclic) bond motifs is 1. The van der Waals surface area contributed by atoms with E-state index in [4.69, 9.17) is 22.1 Å². The number of ether oxygens (including phenoxy) is 1. The minimum Gasteiger partial charge on any atom is -0.477 e. The third-order valence-corrected chi connectivity index (χ3v) is 3.51. The first kappa shape index (κ1) is 14.3. The first-order chi connectivity index (χ1) is 10.6. The van der Waals surface area contributed by atoms with Crippen LogP contribution in [-0.4, -0.2) is 29.4 Å². The average molecular weight is 318 g/mol. The summed E-state index contributed by atoms with van der Waals surface area (Å²) in [4.78, 5) is 29.6. The van der Waals surface area contributed by atoms with Crippen LogP contribution >= 0.6 is 11.6 Å². The molecule has 2 N–H and O–H groups in total. The van der Waals surface area contributed by atoms with Crippen molar-refractivity contribution in [1.82, 2.24) is 4.98 Å². The van der Waals surface area contributed by atoms with Crippen LogP contribution in [0.25, 0.3) is 0 Å². The lowest BCUT2D eigenvalue weighted by atomic mass is 10.1. The van der Waals surface area contributed by atoms with E-state index in [1.807, 2.05) is 0 Å². The van der Waals surface area contributed by atoms with Gasteiger partial charge >= 0.3 is 0 Å². The topological polar surface area (TPSA) is 85.5 Å². The molecule has 0 radical (unpaired) electrons. The van der Waals surface area contributed by atoms with E-state index in [0.717, 1.165) is 0 Å². The molecule has 0 fully saturated rings. The first-order valence-corrected chi connectivity index (χ1v) is 6.92. The van der Waals surface area contributed by atoms with Gasteiger partial charge in [-0.25, -0.2) is 0 Å². The van der Waals surface area contributed by atoms with Crippen LogP contribution in [0.2, 0.25) is 5.02 Å². The maximum absolute atomic E-state index is 12.7. The summed E-state index contributed by atoms with van der Waals surface area (Å²) >= 11 is 5.90. The van der Waals surface area contributed by atoms with E-state index in [-0.39, 0.29) is 18.1 Å². The lowest BCUT2D eigenvalue weighted by Gasteiger charge is -2.33. The fourth-order valence-corrected chi connectivity index (χ4v) is 2.39. The van der Waals surface area contributed by atoms with Gasteiger partial charge in [-0.05, 0) is 24.3 Å². The summed E-state index contributed by atoms with van der Waals surface area (Å²) in [7, 11) is 0. The van der Waals surface area contributed by atoms with Crippen molar-refractivity contribution in [2.45, 2.75) is 6.10 Å². The van der Waals surface area contributed by atoms with Gasteiger partial charge in [0.15, 0.2) is 6.10 Å². The molecule has 112 valence electrons. The molecule has 0 bridgehead atoms. The van der Waals surface area contributed by atoms with Crippen LogP contribution in [0.5, 0.6) is 5.75 Å². The number of anilines is 1. The van der Waals surface area contributed by atoms with Crippen molar-refractivity contribution in [3.8, 4) is 5.75 Å². The molecule has 2 amide bonds. The van der Waals surface area contributed by atoms with Gasteiger partial charge in [0.05, 0.1) is 12.2 Å². The van der Waals surface area contributed by atoms with Gasteiger partial charge in [0, 0.05) is 11.2 Å². The fourth-order valence-electron chi connectivity index (χ4n) is 2.23. The van der Waals surface area contributed by atoms with Crippen molar-refractivity contribution in [2.75, 3.05) is 11.4 Å². The second kappa shape index (κ2) is 5.65. The molecule has 2 aromatic rings. The Balaban J connectivity index is 2.01. The van der Waals surface area contributed by atoms with E-state index in [1.165, 1.54) is 17.2 Å². The fraction of sp³-hybridized carbons (Fsp3) is 0.133. The van der Waals surface area contributed by atoms with Crippen molar-refractivity contribution in [2.24, 2.45) is 5.73 Å². The Labute approximate surface area is 131 Å². The maximum atomic E-state index is 12.7. The minimum atomic E-state index is -0.905. The van der Waals surface area contributed by atoms with Gasteiger partial charge in [-0.3, -0.25) is 19.5 Å². The van der Waals surface area contributed by atoms with E-state index in [2.05, 4.69) is 4.98 Å². The van der Waals surface area contributed by atoms with E-state index in [9.17, 15) is 9.59 Å². The summed E-state index contributed by atoms with van der Waals surface area (Å²) in [5, 5.41) is 0.409. The molecule has 1 unspecified atom stereocenters. The van der Waals surface area contributed by atoms with Gasteiger partial charge in [-0.2, -0.15) is 0 Å². The summed E-state index contributed by atoms with van der Waals surface area (Å²) in [6.45, 7) is 0.0272. The predicted octanol–water partition coefficient (Wildman–Crippen LogP) is 1.63. The highest BCUT2D eigenvalue weighted by Gasteiger charge is 2.33. The highest BCUT2D eigenvalue weighted by Crippen LogP contribution is 2.33. The molecule has 0 saturated heterocycles. The van der Waals surface area contributed by atoms with Crippen LogP contribution in [0.3, 0.4) is 0 Å². The molecule has 6 nitrogen and oxygen atoms in total. The van der Waals surface area contributed by atoms with Gasteiger partial charge in [0.1, 0.15) is 11.4 Å². The summed E-state index contributed by atoms with van der Waals surface area (Å²) in [6, 6.07) is 9.99. The van der Waals surface area contributed by atoms with Crippen LogP contribution < -0.4 is 15.4 Å². The van der Waals surface area contributed by atoms with Gasteiger partial charge < -0.3 is 10.5 Å². The number of hydrogen-bond donors (Lipinski definition) is 1. The smallest absolute Gasteiger partial charge is 0.277 e. The number of carbonyl (C=O) groups excluding carboxylic acids is 2. The van der Waals surface area contributed by atoms with Crippen molar-refractivity contribution in [3.63, 3.8) is 0 Å². The number of carbonyl (C=O) groups is 2. The average Bonchev–Trinajstić information content (AvgIpc) is 2.53. The number of benzene rings is 1. The number of para-hydroxylation sites is 2. The van der Waals surface area contributed by atoms with Crippen LogP contribution in [0, 0.1) is 0 Å². The van der Waals surface area contributed by atoms with Crippen LogP contribution in [0.4, 0.5) is 5.69 Å². The van der Waals surface area contributed by atoms with E-state index in [1.54, 1.807) is 30.3 Å². The van der Waals surface area contributed by atoms with Gasteiger partial charge in [0.25, 0.3) is 11.8 Å². The third-order valence-electron chi connectivity index (χ3n) is 3.28. The molecule has 2 heterocycles. The Morgan fingerprint density at radius 3 is 2.82 bits per heavy atom. The second-order valence-electron chi connectivity index (χ2n) is 4.75. The molecule has 7 heteroatoms. The number of halogens is 1.